The van der Waals surface area contributed by atoms with Crippen LogP contribution in [-0.2, 0) is 0 Å². The van der Waals surface area contributed by atoms with Gasteiger partial charge < -0.3 is 10.2 Å². The molecule has 1 atom stereocenters. The summed E-state index contributed by atoms with van der Waals surface area (Å²) in [4.78, 5) is 2.63. The molecule has 1 N–H and O–H groups in total. The predicted octanol–water partition coefficient (Wildman–Crippen LogP) is 3.46. The van der Waals surface area contributed by atoms with Gasteiger partial charge in [0.05, 0.1) is 0 Å². The van der Waals surface area contributed by atoms with Gasteiger partial charge in [-0.25, -0.2) is 0 Å². The van der Waals surface area contributed by atoms with Crippen molar-refractivity contribution in [3.8, 4) is 0 Å². The topological polar surface area (TPSA) is 15.3 Å². The molecule has 2 heteroatoms. The fourth-order valence-corrected chi connectivity index (χ4v) is 3.31. The van der Waals surface area contributed by atoms with Crippen LogP contribution in [0.25, 0.3) is 0 Å². The number of nitrogens with zero attached hydrogens (tertiary/aromatic N) is 1. The van der Waals surface area contributed by atoms with Gasteiger partial charge in [-0.1, -0.05) is 37.3 Å². The van der Waals surface area contributed by atoms with Crippen LogP contribution in [0, 0.1) is 11.8 Å². The summed E-state index contributed by atoms with van der Waals surface area (Å²) in [7, 11) is 0. The third-order valence-electron chi connectivity index (χ3n) is 4.92. The van der Waals surface area contributed by atoms with E-state index in [4.69, 9.17) is 0 Å². The summed E-state index contributed by atoms with van der Waals surface area (Å²) in [6.45, 7) is 7.31. The molecule has 110 valence electrons. The van der Waals surface area contributed by atoms with Crippen LogP contribution in [0.4, 0.5) is 0 Å². The van der Waals surface area contributed by atoms with Gasteiger partial charge in [0, 0.05) is 19.1 Å². The molecule has 0 radical (unpaired) electrons. The molecule has 1 aromatic carbocycles. The van der Waals surface area contributed by atoms with E-state index in [-0.39, 0.29) is 0 Å². The van der Waals surface area contributed by atoms with Crippen LogP contribution in [-0.4, -0.2) is 31.1 Å². The van der Waals surface area contributed by atoms with Crippen molar-refractivity contribution in [3.63, 3.8) is 0 Å². The first-order valence-electron chi connectivity index (χ1n) is 8.33. The molecule has 1 saturated carbocycles. The Morgan fingerprint density at radius 1 is 1.10 bits per heavy atom. The third kappa shape index (κ3) is 3.83. The van der Waals surface area contributed by atoms with Crippen molar-refractivity contribution >= 4 is 0 Å². The predicted molar refractivity (Wildman–Crippen MR) is 84.7 cm³/mol. The lowest BCUT2D eigenvalue weighted by Gasteiger charge is -2.31. The maximum absolute atomic E-state index is 3.81. The summed E-state index contributed by atoms with van der Waals surface area (Å²) in [5.41, 5.74) is 1.47. The smallest absolute Gasteiger partial charge is 0.0349 e. The molecule has 1 unspecified atom stereocenters. The zero-order valence-electron chi connectivity index (χ0n) is 12.7. The second kappa shape index (κ2) is 6.73. The molecule has 2 fully saturated rings. The lowest BCUT2D eigenvalue weighted by molar-refractivity contribution is 0.190. The van der Waals surface area contributed by atoms with Crippen molar-refractivity contribution in [2.24, 2.45) is 11.8 Å². The van der Waals surface area contributed by atoms with Crippen LogP contribution in [0.5, 0.6) is 0 Å². The first-order valence-corrected chi connectivity index (χ1v) is 8.33. The minimum Gasteiger partial charge on any atom is -0.308 e. The zero-order valence-corrected chi connectivity index (χ0v) is 12.7. The molecule has 0 bridgehead atoms. The van der Waals surface area contributed by atoms with E-state index in [0.717, 1.165) is 18.4 Å². The highest BCUT2D eigenvalue weighted by Crippen LogP contribution is 2.40. The van der Waals surface area contributed by atoms with Gasteiger partial charge in [-0.15, -0.1) is 0 Å². The minimum absolute atomic E-state index is 0.583. The highest BCUT2D eigenvalue weighted by molar-refractivity contribution is 5.21. The Hall–Kier alpha value is -0.860. The van der Waals surface area contributed by atoms with Crippen LogP contribution in [0.2, 0.25) is 0 Å². The lowest BCUT2D eigenvalue weighted by Crippen LogP contribution is -2.38. The van der Waals surface area contributed by atoms with Gasteiger partial charge in [-0.05, 0) is 56.2 Å². The average Bonchev–Trinajstić information content (AvgIpc) is 3.31. The van der Waals surface area contributed by atoms with E-state index < -0.39 is 0 Å². The van der Waals surface area contributed by atoms with Crippen molar-refractivity contribution in [1.82, 2.24) is 10.2 Å². The molecule has 1 aliphatic heterocycles. The quantitative estimate of drug-likeness (QED) is 0.853. The van der Waals surface area contributed by atoms with Gasteiger partial charge >= 0.3 is 0 Å². The van der Waals surface area contributed by atoms with Crippen molar-refractivity contribution in [2.45, 2.75) is 38.6 Å². The minimum atomic E-state index is 0.583. The third-order valence-corrected chi connectivity index (χ3v) is 4.92. The maximum atomic E-state index is 3.81. The standard InChI is InChI=1S/C18H28N2/c1-15-9-12-20(13-10-15)14-11-19-18(17-7-8-17)16-5-3-2-4-6-16/h2-6,15,17-19H,7-14H2,1H3. The summed E-state index contributed by atoms with van der Waals surface area (Å²) in [5, 5.41) is 3.81. The summed E-state index contributed by atoms with van der Waals surface area (Å²) in [5.74, 6) is 1.81. The summed E-state index contributed by atoms with van der Waals surface area (Å²) < 4.78 is 0. The summed E-state index contributed by atoms with van der Waals surface area (Å²) in [6.07, 6.45) is 5.55. The molecule has 0 aromatic heterocycles. The van der Waals surface area contributed by atoms with Gasteiger partial charge in [0.15, 0.2) is 0 Å². The monoisotopic (exact) mass is 272 g/mol. The fourth-order valence-electron chi connectivity index (χ4n) is 3.31. The van der Waals surface area contributed by atoms with Gasteiger partial charge in [0.1, 0.15) is 0 Å². The normalized spacial score (nSPS) is 22.9. The average molecular weight is 272 g/mol. The van der Waals surface area contributed by atoms with Crippen molar-refractivity contribution < 1.29 is 0 Å². The Morgan fingerprint density at radius 3 is 2.45 bits per heavy atom. The number of hydrogen-bond acceptors (Lipinski definition) is 2. The molecular weight excluding hydrogens is 244 g/mol. The van der Waals surface area contributed by atoms with Crippen molar-refractivity contribution in [1.29, 1.82) is 0 Å². The Labute approximate surface area is 123 Å². The number of hydrogen-bond donors (Lipinski definition) is 1. The zero-order chi connectivity index (χ0) is 13.8. The van der Waals surface area contributed by atoms with Gasteiger partial charge in [0.2, 0.25) is 0 Å². The van der Waals surface area contributed by atoms with Crippen LogP contribution < -0.4 is 5.32 Å². The van der Waals surface area contributed by atoms with E-state index in [2.05, 4.69) is 47.5 Å². The molecule has 1 aliphatic carbocycles. The molecule has 1 aromatic rings. The van der Waals surface area contributed by atoms with E-state index >= 15 is 0 Å². The second-order valence-electron chi connectivity index (χ2n) is 6.70. The number of nitrogens with one attached hydrogen (secondary N) is 1. The van der Waals surface area contributed by atoms with Gasteiger partial charge in [-0.2, -0.15) is 0 Å². The van der Waals surface area contributed by atoms with E-state index in [0.29, 0.717) is 6.04 Å². The largest absolute Gasteiger partial charge is 0.308 e. The highest BCUT2D eigenvalue weighted by Gasteiger charge is 2.31. The summed E-state index contributed by atoms with van der Waals surface area (Å²) in [6, 6.07) is 11.6. The molecule has 0 spiro atoms. The first-order chi connectivity index (χ1) is 9.83. The molecule has 3 rings (SSSR count). The highest BCUT2D eigenvalue weighted by atomic mass is 15.1. The number of piperidine rings is 1. The van der Waals surface area contributed by atoms with Crippen LogP contribution in [0.3, 0.4) is 0 Å². The number of likely N-dealkylation sites (tertiary alicyclic amines) is 1. The van der Waals surface area contributed by atoms with E-state index in [9.17, 15) is 0 Å². The molecule has 0 amide bonds. The first kappa shape index (κ1) is 14.1. The molecular formula is C18H28N2. The van der Waals surface area contributed by atoms with Crippen LogP contribution in [0.15, 0.2) is 30.3 Å². The van der Waals surface area contributed by atoms with Crippen molar-refractivity contribution in [2.75, 3.05) is 26.2 Å². The Bertz CT molecular complexity index is 391. The van der Waals surface area contributed by atoms with Crippen LogP contribution >= 0.6 is 0 Å². The SMILES string of the molecule is CC1CCN(CCNC(c2ccccc2)C2CC2)CC1. The van der Waals surface area contributed by atoms with E-state index in [1.807, 2.05) is 0 Å². The van der Waals surface area contributed by atoms with Crippen LogP contribution in [0.1, 0.15) is 44.2 Å². The van der Waals surface area contributed by atoms with Crippen molar-refractivity contribution in [3.05, 3.63) is 35.9 Å². The maximum Gasteiger partial charge on any atom is 0.0349 e. The summed E-state index contributed by atoms with van der Waals surface area (Å²) >= 11 is 0. The molecule has 1 heterocycles. The molecule has 20 heavy (non-hydrogen) atoms. The Balaban J connectivity index is 1.46. The second-order valence-corrected chi connectivity index (χ2v) is 6.70. The molecule has 2 nitrogen and oxygen atoms in total. The number of benzene rings is 1. The van der Waals surface area contributed by atoms with Gasteiger partial charge in [0.25, 0.3) is 0 Å². The Kier molecular flexibility index (Phi) is 4.74. The van der Waals surface area contributed by atoms with Gasteiger partial charge in [-0.3, -0.25) is 0 Å². The van der Waals surface area contributed by atoms with E-state index in [1.54, 1.807) is 0 Å². The van der Waals surface area contributed by atoms with E-state index in [1.165, 1.54) is 50.9 Å². The lowest BCUT2D eigenvalue weighted by atomic mass is 9.99. The fraction of sp³-hybridized carbons (Fsp3) is 0.667. The molecule has 2 aliphatic rings. The number of rotatable bonds is 6. The molecule has 1 saturated heterocycles. The Morgan fingerprint density at radius 2 is 1.80 bits per heavy atom.